The van der Waals surface area contributed by atoms with E-state index in [4.69, 9.17) is 9.26 Å². The summed E-state index contributed by atoms with van der Waals surface area (Å²) in [7, 11) is 1.91. The SMILES string of the molecule is CN1C[C@@H](NC(O)COc2ccccc2)C[C@H]1c1nc(-c2ccc(OC(F)(F)F)cc2)no1. The van der Waals surface area contributed by atoms with E-state index in [0.29, 0.717) is 30.2 Å². The highest BCUT2D eigenvalue weighted by Crippen LogP contribution is 2.32. The summed E-state index contributed by atoms with van der Waals surface area (Å²) in [5.41, 5.74) is 0.503. The van der Waals surface area contributed by atoms with Crippen LogP contribution in [0.2, 0.25) is 0 Å². The van der Waals surface area contributed by atoms with Gasteiger partial charge in [-0.05, 0) is 49.9 Å². The lowest BCUT2D eigenvalue weighted by molar-refractivity contribution is -0.274. The fourth-order valence-electron chi connectivity index (χ4n) is 3.71. The number of aliphatic hydroxyl groups excluding tert-OH is 1. The first kappa shape index (κ1) is 23.0. The number of nitrogens with one attached hydrogen (secondary N) is 1. The molecule has 2 aromatic carbocycles. The van der Waals surface area contributed by atoms with E-state index in [1.807, 2.05) is 42.3 Å². The van der Waals surface area contributed by atoms with Gasteiger partial charge in [0.1, 0.15) is 24.3 Å². The number of likely N-dealkylation sites (tertiary alicyclic amines) is 1. The first-order valence-electron chi connectivity index (χ1n) is 10.3. The maximum absolute atomic E-state index is 12.3. The number of ether oxygens (including phenoxy) is 2. The van der Waals surface area contributed by atoms with Crippen molar-refractivity contribution in [2.75, 3.05) is 20.2 Å². The van der Waals surface area contributed by atoms with Gasteiger partial charge in [0, 0.05) is 18.2 Å². The molecule has 2 N–H and O–H groups in total. The largest absolute Gasteiger partial charge is 0.573 e. The number of hydrogen-bond acceptors (Lipinski definition) is 8. The molecule has 3 atom stereocenters. The molecule has 0 radical (unpaired) electrons. The molecule has 0 saturated carbocycles. The summed E-state index contributed by atoms with van der Waals surface area (Å²) in [5.74, 6) is 1.01. The Morgan fingerprint density at radius 2 is 1.88 bits per heavy atom. The predicted molar refractivity (Wildman–Crippen MR) is 111 cm³/mol. The fraction of sp³-hybridized carbons (Fsp3) is 0.364. The monoisotopic (exact) mass is 464 g/mol. The van der Waals surface area contributed by atoms with Crippen LogP contribution in [-0.4, -0.2) is 59.0 Å². The first-order chi connectivity index (χ1) is 15.8. The average Bonchev–Trinajstić information content (AvgIpc) is 3.39. The zero-order chi connectivity index (χ0) is 23.4. The molecule has 1 aliphatic heterocycles. The molecule has 8 nitrogen and oxygen atoms in total. The Morgan fingerprint density at radius 3 is 2.58 bits per heavy atom. The highest BCUT2D eigenvalue weighted by Gasteiger charge is 2.35. The first-order valence-corrected chi connectivity index (χ1v) is 10.3. The smallest absolute Gasteiger partial charge is 0.489 e. The van der Waals surface area contributed by atoms with E-state index in [2.05, 4.69) is 20.2 Å². The molecule has 0 amide bonds. The van der Waals surface area contributed by atoms with E-state index in [1.54, 1.807) is 0 Å². The van der Waals surface area contributed by atoms with Crippen molar-refractivity contribution in [1.82, 2.24) is 20.4 Å². The van der Waals surface area contributed by atoms with Gasteiger partial charge < -0.3 is 19.1 Å². The number of alkyl halides is 3. The lowest BCUT2D eigenvalue weighted by Crippen LogP contribution is -2.42. The van der Waals surface area contributed by atoms with Gasteiger partial charge in [-0.1, -0.05) is 23.4 Å². The van der Waals surface area contributed by atoms with Crippen LogP contribution < -0.4 is 14.8 Å². The lowest BCUT2D eigenvalue weighted by atomic mass is 10.1. The summed E-state index contributed by atoms with van der Waals surface area (Å²) < 4.78 is 51.8. The molecular weight excluding hydrogens is 441 g/mol. The molecule has 1 fully saturated rings. The number of benzene rings is 2. The van der Waals surface area contributed by atoms with Crippen molar-refractivity contribution in [3.63, 3.8) is 0 Å². The molecule has 4 rings (SSSR count). The zero-order valence-electron chi connectivity index (χ0n) is 17.7. The number of halogens is 3. The average molecular weight is 464 g/mol. The number of likely N-dealkylation sites (N-methyl/N-ethyl adjacent to an activating group) is 1. The van der Waals surface area contributed by atoms with Gasteiger partial charge in [0.15, 0.2) is 0 Å². The van der Waals surface area contributed by atoms with Crippen molar-refractivity contribution < 1.29 is 32.3 Å². The molecule has 11 heteroatoms. The summed E-state index contributed by atoms with van der Waals surface area (Å²) in [5, 5.41) is 17.4. The number of nitrogens with zero attached hydrogens (tertiary/aromatic N) is 3. The summed E-state index contributed by atoms with van der Waals surface area (Å²) in [6, 6.07) is 14.3. The lowest BCUT2D eigenvalue weighted by Gasteiger charge is -2.18. The van der Waals surface area contributed by atoms with Crippen molar-refractivity contribution in [1.29, 1.82) is 0 Å². The topological polar surface area (TPSA) is 92.9 Å². The summed E-state index contributed by atoms with van der Waals surface area (Å²) in [6.07, 6.45) is -4.98. The number of para-hydroxylation sites is 1. The number of hydrogen-bond donors (Lipinski definition) is 2. The van der Waals surface area contributed by atoms with E-state index < -0.39 is 12.6 Å². The standard InChI is InChI=1S/C22H23F3N4O4/c1-29-12-15(26-19(30)13-31-16-5-3-2-4-6-16)11-18(29)21-27-20(28-33-21)14-7-9-17(10-8-14)32-22(23,24)25/h2-10,15,18-19,26,30H,11-13H2,1H3/t15-,18-,19?/m0/s1. The van der Waals surface area contributed by atoms with Crippen LogP contribution in [-0.2, 0) is 0 Å². The highest BCUT2D eigenvalue weighted by molar-refractivity contribution is 5.55. The number of rotatable bonds is 8. The van der Waals surface area contributed by atoms with Gasteiger partial charge in [0.05, 0.1) is 6.04 Å². The fourth-order valence-corrected chi connectivity index (χ4v) is 3.71. The molecule has 0 bridgehead atoms. The minimum atomic E-state index is -4.75. The van der Waals surface area contributed by atoms with Crippen LogP contribution in [0.5, 0.6) is 11.5 Å². The van der Waals surface area contributed by atoms with Gasteiger partial charge in [-0.15, -0.1) is 13.2 Å². The molecule has 1 saturated heterocycles. The van der Waals surface area contributed by atoms with Crippen molar-refractivity contribution >= 4 is 0 Å². The van der Waals surface area contributed by atoms with Crippen LogP contribution in [0.4, 0.5) is 13.2 Å². The Kier molecular flexibility index (Phi) is 6.82. The quantitative estimate of drug-likeness (QED) is 0.491. The molecule has 2 heterocycles. The summed E-state index contributed by atoms with van der Waals surface area (Å²) in [6.45, 7) is 0.752. The summed E-state index contributed by atoms with van der Waals surface area (Å²) >= 11 is 0. The van der Waals surface area contributed by atoms with Gasteiger partial charge >= 0.3 is 6.36 Å². The van der Waals surface area contributed by atoms with Crippen LogP contribution in [0, 0.1) is 0 Å². The second-order valence-corrected chi connectivity index (χ2v) is 7.72. The van der Waals surface area contributed by atoms with Gasteiger partial charge in [-0.2, -0.15) is 4.98 Å². The maximum atomic E-state index is 12.3. The molecule has 3 aromatic rings. The minimum Gasteiger partial charge on any atom is -0.489 e. The Bertz CT molecular complexity index is 1030. The zero-order valence-corrected chi connectivity index (χ0v) is 17.7. The molecule has 0 spiro atoms. The van der Waals surface area contributed by atoms with E-state index in [0.717, 1.165) is 0 Å². The second kappa shape index (κ2) is 9.77. The summed E-state index contributed by atoms with van der Waals surface area (Å²) in [4.78, 5) is 6.44. The van der Waals surface area contributed by atoms with E-state index in [-0.39, 0.29) is 30.3 Å². The van der Waals surface area contributed by atoms with Crippen molar-refractivity contribution in [2.24, 2.45) is 0 Å². The van der Waals surface area contributed by atoms with Crippen molar-refractivity contribution in [3.05, 3.63) is 60.5 Å². The Morgan fingerprint density at radius 1 is 1.15 bits per heavy atom. The normalized spacial score (nSPS) is 20.0. The van der Waals surface area contributed by atoms with Gasteiger partial charge in [-0.3, -0.25) is 10.2 Å². The predicted octanol–water partition coefficient (Wildman–Crippen LogP) is 3.37. The molecular formula is C22H23F3N4O4. The third-order valence-electron chi connectivity index (χ3n) is 5.20. The van der Waals surface area contributed by atoms with Crippen LogP contribution in [0.15, 0.2) is 59.1 Å². The van der Waals surface area contributed by atoms with Gasteiger partial charge in [0.2, 0.25) is 11.7 Å². The molecule has 1 unspecified atom stereocenters. The van der Waals surface area contributed by atoms with Crippen LogP contribution in [0.1, 0.15) is 18.4 Å². The van der Waals surface area contributed by atoms with Gasteiger partial charge in [-0.25, -0.2) is 0 Å². The third kappa shape index (κ3) is 6.21. The Balaban J connectivity index is 1.32. The molecule has 1 aliphatic rings. The molecule has 1 aromatic heterocycles. The van der Waals surface area contributed by atoms with Crippen LogP contribution >= 0.6 is 0 Å². The van der Waals surface area contributed by atoms with E-state index in [1.165, 1.54) is 24.3 Å². The third-order valence-corrected chi connectivity index (χ3v) is 5.20. The van der Waals surface area contributed by atoms with Crippen molar-refractivity contribution in [2.45, 2.75) is 31.1 Å². The highest BCUT2D eigenvalue weighted by atomic mass is 19.4. The molecule has 176 valence electrons. The number of aromatic nitrogens is 2. The van der Waals surface area contributed by atoms with Crippen LogP contribution in [0.3, 0.4) is 0 Å². The molecule has 0 aliphatic carbocycles. The number of aliphatic hydroxyl groups is 1. The minimum absolute atomic E-state index is 0.0245. The van der Waals surface area contributed by atoms with Gasteiger partial charge in [0.25, 0.3) is 0 Å². The van der Waals surface area contributed by atoms with Crippen molar-refractivity contribution in [3.8, 4) is 22.9 Å². The van der Waals surface area contributed by atoms with E-state index in [9.17, 15) is 18.3 Å². The maximum Gasteiger partial charge on any atom is 0.573 e. The Labute approximate surface area is 187 Å². The Hall–Kier alpha value is -3.15. The van der Waals surface area contributed by atoms with Crippen LogP contribution in [0.25, 0.3) is 11.4 Å². The second-order valence-electron chi connectivity index (χ2n) is 7.72. The molecule has 33 heavy (non-hydrogen) atoms. The van der Waals surface area contributed by atoms with E-state index >= 15 is 0 Å².